The maximum Gasteiger partial charge on any atom is 0.250 e. The molecule has 0 saturated heterocycles. The second-order valence-electron chi connectivity index (χ2n) is 5.52. The number of nitrogens with one attached hydrogen (secondary N) is 1. The van der Waals surface area contributed by atoms with Crippen molar-refractivity contribution in [1.82, 2.24) is 14.8 Å². The molecule has 3 aromatic rings. The van der Waals surface area contributed by atoms with Gasteiger partial charge in [-0.1, -0.05) is 42.1 Å². The van der Waals surface area contributed by atoms with E-state index in [0.29, 0.717) is 10.8 Å². The highest BCUT2D eigenvalue weighted by Crippen LogP contribution is 2.22. The van der Waals surface area contributed by atoms with Crippen LogP contribution in [-0.4, -0.2) is 32.3 Å². The first-order chi connectivity index (χ1) is 12.6. The minimum absolute atomic E-state index is 0.123. The van der Waals surface area contributed by atoms with Crippen molar-refractivity contribution in [1.29, 1.82) is 0 Å². The average Bonchev–Trinajstić information content (AvgIpc) is 3.09. The Kier molecular flexibility index (Phi) is 5.33. The van der Waals surface area contributed by atoms with Crippen molar-refractivity contribution in [3.63, 3.8) is 0 Å². The molecule has 0 radical (unpaired) electrons. The summed E-state index contributed by atoms with van der Waals surface area (Å²) in [5.74, 6) is -0.728. The summed E-state index contributed by atoms with van der Waals surface area (Å²) in [6.45, 7) is 2.00. The molecule has 0 aliphatic carbocycles. The highest BCUT2D eigenvalue weighted by Gasteiger charge is 2.13. The van der Waals surface area contributed by atoms with Crippen LogP contribution in [0.1, 0.15) is 15.9 Å². The number of anilines is 1. The Hall–Kier alpha value is -3.13. The lowest BCUT2D eigenvalue weighted by molar-refractivity contribution is -0.113. The van der Waals surface area contributed by atoms with Gasteiger partial charge in [0, 0.05) is 0 Å². The van der Waals surface area contributed by atoms with Crippen LogP contribution in [0.2, 0.25) is 0 Å². The first kappa shape index (κ1) is 17.7. The van der Waals surface area contributed by atoms with E-state index in [1.807, 2.05) is 35.8 Å². The highest BCUT2D eigenvalue weighted by molar-refractivity contribution is 7.99. The normalized spacial score (nSPS) is 10.5. The van der Waals surface area contributed by atoms with Crippen LogP contribution in [0.15, 0.2) is 60.0 Å². The number of aromatic nitrogens is 3. The molecule has 0 atom stereocenters. The Bertz CT molecular complexity index is 954. The van der Waals surface area contributed by atoms with Crippen molar-refractivity contribution < 1.29 is 9.59 Å². The molecule has 8 heteroatoms. The number of para-hydroxylation sites is 2. The molecule has 0 aliphatic rings. The molecule has 0 saturated carbocycles. The molecule has 132 valence electrons. The Balaban J connectivity index is 1.69. The summed E-state index contributed by atoms with van der Waals surface area (Å²) < 4.78 is 1.84. The first-order valence-electron chi connectivity index (χ1n) is 7.84. The van der Waals surface area contributed by atoms with Crippen molar-refractivity contribution in [3.8, 4) is 5.69 Å². The quantitative estimate of drug-likeness (QED) is 0.651. The van der Waals surface area contributed by atoms with Crippen LogP contribution in [0.25, 0.3) is 5.69 Å². The molecule has 3 rings (SSSR count). The number of carbonyl (C=O) groups excluding carboxylic acids is 2. The summed E-state index contributed by atoms with van der Waals surface area (Å²) in [5, 5.41) is 11.3. The molecule has 1 heterocycles. The molecule has 3 N–H and O–H groups in total. The predicted octanol–water partition coefficient (Wildman–Crippen LogP) is 2.41. The standard InChI is InChI=1S/C18H17N5O2S/c1-12-6-2-5-9-15(12)23-11-20-22-18(23)26-10-16(24)21-14-8-4-3-7-13(14)17(19)25/h2-9,11H,10H2,1H3,(H2,19,25)(H,21,24). The second-order valence-corrected chi connectivity index (χ2v) is 6.46. The lowest BCUT2D eigenvalue weighted by Crippen LogP contribution is -2.19. The number of rotatable bonds is 6. The number of thioether (sulfide) groups is 1. The van der Waals surface area contributed by atoms with E-state index in [-0.39, 0.29) is 17.2 Å². The fourth-order valence-electron chi connectivity index (χ4n) is 2.45. The zero-order valence-electron chi connectivity index (χ0n) is 14.0. The fourth-order valence-corrected chi connectivity index (χ4v) is 3.17. The lowest BCUT2D eigenvalue weighted by atomic mass is 10.1. The van der Waals surface area contributed by atoms with E-state index in [4.69, 9.17) is 5.73 Å². The van der Waals surface area contributed by atoms with Crippen LogP contribution in [-0.2, 0) is 4.79 Å². The number of primary amides is 1. The van der Waals surface area contributed by atoms with Crippen molar-refractivity contribution in [2.45, 2.75) is 12.1 Å². The van der Waals surface area contributed by atoms with Gasteiger partial charge in [-0.05, 0) is 30.7 Å². The Morgan fingerprint density at radius 3 is 2.65 bits per heavy atom. The molecule has 0 spiro atoms. The minimum Gasteiger partial charge on any atom is -0.366 e. The van der Waals surface area contributed by atoms with Gasteiger partial charge in [0.1, 0.15) is 6.33 Å². The Morgan fingerprint density at radius 1 is 1.15 bits per heavy atom. The molecule has 2 aromatic carbocycles. The molecule has 7 nitrogen and oxygen atoms in total. The topological polar surface area (TPSA) is 103 Å². The monoisotopic (exact) mass is 367 g/mol. The van der Waals surface area contributed by atoms with Gasteiger partial charge in [0.05, 0.1) is 22.7 Å². The molecular weight excluding hydrogens is 350 g/mol. The van der Waals surface area contributed by atoms with Gasteiger partial charge in [-0.15, -0.1) is 10.2 Å². The van der Waals surface area contributed by atoms with Gasteiger partial charge in [-0.2, -0.15) is 0 Å². The van der Waals surface area contributed by atoms with Crippen molar-refractivity contribution in [2.24, 2.45) is 5.73 Å². The largest absolute Gasteiger partial charge is 0.366 e. The van der Waals surface area contributed by atoms with E-state index >= 15 is 0 Å². The van der Waals surface area contributed by atoms with Crippen LogP contribution < -0.4 is 11.1 Å². The van der Waals surface area contributed by atoms with Crippen molar-refractivity contribution >= 4 is 29.3 Å². The Morgan fingerprint density at radius 2 is 1.88 bits per heavy atom. The molecule has 1 aromatic heterocycles. The van der Waals surface area contributed by atoms with Gasteiger partial charge < -0.3 is 11.1 Å². The number of nitrogens with two attached hydrogens (primary N) is 1. The lowest BCUT2D eigenvalue weighted by Gasteiger charge is -2.10. The van der Waals surface area contributed by atoms with Crippen molar-refractivity contribution in [3.05, 3.63) is 66.0 Å². The van der Waals surface area contributed by atoms with E-state index in [1.165, 1.54) is 11.8 Å². The molecule has 2 amide bonds. The van der Waals surface area contributed by atoms with E-state index in [2.05, 4.69) is 15.5 Å². The van der Waals surface area contributed by atoms with Gasteiger partial charge in [0.2, 0.25) is 5.91 Å². The number of carbonyl (C=O) groups is 2. The smallest absolute Gasteiger partial charge is 0.250 e. The summed E-state index contributed by atoms with van der Waals surface area (Å²) >= 11 is 1.26. The summed E-state index contributed by atoms with van der Waals surface area (Å²) in [4.78, 5) is 23.7. The van der Waals surface area contributed by atoms with Crippen LogP contribution in [0.5, 0.6) is 0 Å². The van der Waals surface area contributed by atoms with Gasteiger partial charge in [-0.3, -0.25) is 14.2 Å². The molecule has 0 fully saturated rings. The van der Waals surface area contributed by atoms with E-state index in [0.717, 1.165) is 11.3 Å². The molecule has 0 bridgehead atoms. The number of benzene rings is 2. The van der Waals surface area contributed by atoms with Crippen LogP contribution in [0.4, 0.5) is 5.69 Å². The van der Waals surface area contributed by atoms with Crippen LogP contribution >= 0.6 is 11.8 Å². The van der Waals surface area contributed by atoms with E-state index in [9.17, 15) is 9.59 Å². The maximum atomic E-state index is 12.3. The van der Waals surface area contributed by atoms with Crippen molar-refractivity contribution in [2.75, 3.05) is 11.1 Å². The van der Waals surface area contributed by atoms with Crippen LogP contribution in [0.3, 0.4) is 0 Å². The SMILES string of the molecule is Cc1ccccc1-n1cnnc1SCC(=O)Nc1ccccc1C(N)=O. The third-order valence-corrected chi connectivity index (χ3v) is 4.63. The number of aryl methyl sites for hydroxylation is 1. The predicted molar refractivity (Wildman–Crippen MR) is 100 cm³/mol. The Labute approximate surface area is 154 Å². The van der Waals surface area contributed by atoms with Crippen LogP contribution in [0, 0.1) is 6.92 Å². The molecule has 26 heavy (non-hydrogen) atoms. The third-order valence-electron chi connectivity index (χ3n) is 3.69. The zero-order chi connectivity index (χ0) is 18.5. The number of amides is 2. The van der Waals surface area contributed by atoms with Gasteiger partial charge in [0.15, 0.2) is 5.16 Å². The third kappa shape index (κ3) is 3.92. The molecule has 0 aliphatic heterocycles. The number of nitrogens with zero attached hydrogens (tertiary/aromatic N) is 3. The molecular formula is C18H17N5O2S. The summed E-state index contributed by atoms with van der Waals surface area (Å²) in [7, 11) is 0. The summed E-state index contributed by atoms with van der Waals surface area (Å²) in [5.41, 5.74) is 8.02. The number of hydrogen-bond acceptors (Lipinski definition) is 5. The fraction of sp³-hybridized carbons (Fsp3) is 0.111. The average molecular weight is 367 g/mol. The first-order valence-corrected chi connectivity index (χ1v) is 8.82. The van der Waals surface area contributed by atoms with Gasteiger partial charge in [-0.25, -0.2) is 0 Å². The minimum atomic E-state index is -0.590. The van der Waals surface area contributed by atoms with E-state index < -0.39 is 5.91 Å². The number of hydrogen-bond donors (Lipinski definition) is 2. The summed E-state index contributed by atoms with van der Waals surface area (Å²) in [6, 6.07) is 14.5. The second kappa shape index (κ2) is 7.83. The zero-order valence-corrected chi connectivity index (χ0v) is 14.9. The maximum absolute atomic E-state index is 12.3. The van der Waals surface area contributed by atoms with Gasteiger partial charge in [0.25, 0.3) is 5.91 Å². The summed E-state index contributed by atoms with van der Waals surface area (Å²) in [6.07, 6.45) is 1.62. The van der Waals surface area contributed by atoms with E-state index in [1.54, 1.807) is 30.6 Å². The molecule has 0 unspecified atom stereocenters. The highest BCUT2D eigenvalue weighted by atomic mass is 32.2. The van der Waals surface area contributed by atoms with Gasteiger partial charge >= 0.3 is 0 Å².